The van der Waals surface area contributed by atoms with Crippen LogP contribution in [0.4, 0.5) is 0 Å². The van der Waals surface area contributed by atoms with Crippen LogP contribution >= 0.6 is 12.2 Å². The fourth-order valence-electron chi connectivity index (χ4n) is 3.44. The zero-order chi connectivity index (χ0) is 20.8. The minimum absolute atomic E-state index is 0.202. The third kappa shape index (κ3) is 5.97. The summed E-state index contributed by atoms with van der Waals surface area (Å²) in [5, 5.41) is 3.62. The summed E-state index contributed by atoms with van der Waals surface area (Å²) in [7, 11) is 0. The lowest BCUT2D eigenvalue weighted by atomic mass is 10.0. The van der Waals surface area contributed by atoms with Gasteiger partial charge in [0.25, 0.3) is 0 Å². The van der Waals surface area contributed by atoms with E-state index in [1.165, 1.54) is 12.8 Å². The smallest absolute Gasteiger partial charge is 0.305 e. The average Bonchev–Trinajstić information content (AvgIpc) is 3.36. The number of hydrogen-bond donors (Lipinski definition) is 3. The number of thiocarbonyl (C=S) groups is 1. The van der Waals surface area contributed by atoms with Crippen LogP contribution in [0.2, 0.25) is 0 Å². The lowest BCUT2D eigenvalue weighted by Gasteiger charge is -2.15. The van der Waals surface area contributed by atoms with Crippen LogP contribution in [0.5, 0.6) is 5.75 Å². The van der Waals surface area contributed by atoms with Crippen molar-refractivity contribution >= 4 is 23.2 Å². The van der Waals surface area contributed by atoms with Crippen LogP contribution in [0, 0.1) is 6.92 Å². The van der Waals surface area contributed by atoms with Gasteiger partial charge in [-0.2, -0.15) is 0 Å². The van der Waals surface area contributed by atoms with Crippen molar-refractivity contribution < 1.29 is 13.9 Å². The Morgan fingerprint density at radius 3 is 2.69 bits per heavy atom. The van der Waals surface area contributed by atoms with Gasteiger partial charge in [0.15, 0.2) is 10.9 Å². The molecule has 0 unspecified atom stereocenters. The molecule has 1 aliphatic carbocycles. The molecule has 1 aliphatic rings. The molecular formula is C22H29N3O3S. The normalized spacial score (nSPS) is 14.1. The van der Waals surface area contributed by atoms with E-state index in [0.29, 0.717) is 22.8 Å². The predicted molar refractivity (Wildman–Crippen MR) is 117 cm³/mol. The molecule has 3 rings (SSSR count). The third-order valence-corrected chi connectivity index (χ3v) is 5.25. The number of ether oxygens (including phenoxy) is 1. The van der Waals surface area contributed by atoms with Gasteiger partial charge in [-0.1, -0.05) is 38.8 Å². The summed E-state index contributed by atoms with van der Waals surface area (Å²) in [6.07, 6.45) is 4.64. The van der Waals surface area contributed by atoms with Gasteiger partial charge >= 0.3 is 5.91 Å². The number of aryl methyl sites for hydroxylation is 1. The van der Waals surface area contributed by atoms with Gasteiger partial charge in [0.2, 0.25) is 0 Å². The van der Waals surface area contributed by atoms with Crippen LogP contribution in [0.3, 0.4) is 0 Å². The van der Waals surface area contributed by atoms with E-state index >= 15 is 0 Å². The van der Waals surface area contributed by atoms with Gasteiger partial charge in [-0.15, -0.1) is 0 Å². The van der Waals surface area contributed by atoms with E-state index in [-0.39, 0.29) is 18.3 Å². The molecule has 1 aromatic carbocycles. The molecule has 0 aliphatic heterocycles. The second-order valence-corrected chi connectivity index (χ2v) is 8.19. The lowest BCUT2D eigenvalue weighted by Crippen LogP contribution is -2.49. The lowest BCUT2D eigenvalue weighted by molar-refractivity contribution is 0.0911. The average molecular weight is 416 g/mol. The number of hydrogen-bond acceptors (Lipinski definition) is 4. The van der Waals surface area contributed by atoms with Gasteiger partial charge < -0.3 is 14.5 Å². The molecule has 29 heavy (non-hydrogen) atoms. The third-order valence-electron chi connectivity index (χ3n) is 5.03. The molecule has 1 amide bonds. The van der Waals surface area contributed by atoms with E-state index in [9.17, 15) is 4.79 Å². The first-order valence-corrected chi connectivity index (χ1v) is 10.5. The van der Waals surface area contributed by atoms with Crippen molar-refractivity contribution in [2.24, 2.45) is 0 Å². The molecule has 0 spiro atoms. The number of carbonyl (C=O) groups is 1. The molecule has 0 atom stereocenters. The Labute approximate surface area is 177 Å². The van der Waals surface area contributed by atoms with Gasteiger partial charge in [-0.05, 0) is 67.2 Å². The largest absolute Gasteiger partial charge is 0.485 e. The van der Waals surface area contributed by atoms with Gasteiger partial charge in [-0.3, -0.25) is 15.6 Å². The maximum atomic E-state index is 12.3. The molecule has 1 aromatic heterocycles. The van der Waals surface area contributed by atoms with E-state index in [0.717, 1.165) is 29.7 Å². The highest BCUT2D eigenvalue weighted by Crippen LogP contribution is 2.28. The molecule has 1 fully saturated rings. The Kier molecular flexibility index (Phi) is 7.14. The second-order valence-electron chi connectivity index (χ2n) is 7.78. The standard InChI is InChI=1S/C22H29N3O3S/c1-14(2)18-10-8-15(3)12-20(18)27-13-17-9-11-19(28-17)21(26)24-25-22(29)23-16-6-4-5-7-16/h8-12,14,16H,4-7,13H2,1-3H3,(H,24,26)(H2,23,25,29). The highest BCUT2D eigenvalue weighted by Gasteiger charge is 2.17. The van der Waals surface area contributed by atoms with Crippen LogP contribution in [0.25, 0.3) is 0 Å². The van der Waals surface area contributed by atoms with Crippen molar-refractivity contribution in [1.29, 1.82) is 0 Å². The molecule has 0 bridgehead atoms. The maximum Gasteiger partial charge on any atom is 0.305 e. The number of hydrazine groups is 1. The van der Waals surface area contributed by atoms with Gasteiger partial charge in [-0.25, -0.2) is 0 Å². The summed E-state index contributed by atoms with van der Waals surface area (Å²) >= 11 is 5.22. The summed E-state index contributed by atoms with van der Waals surface area (Å²) < 4.78 is 11.6. The first kappa shape index (κ1) is 21.2. The van der Waals surface area contributed by atoms with Crippen molar-refractivity contribution in [3.63, 3.8) is 0 Å². The van der Waals surface area contributed by atoms with E-state index in [1.54, 1.807) is 12.1 Å². The molecule has 1 heterocycles. The number of amides is 1. The van der Waals surface area contributed by atoms with Gasteiger partial charge in [0.1, 0.15) is 18.1 Å². The molecule has 1 saturated carbocycles. The Morgan fingerprint density at radius 1 is 1.21 bits per heavy atom. The van der Waals surface area contributed by atoms with Crippen molar-refractivity contribution in [1.82, 2.24) is 16.2 Å². The monoisotopic (exact) mass is 415 g/mol. The van der Waals surface area contributed by atoms with E-state index < -0.39 is 0 Å². The minimum atomic E-state index is -0.384. The molecule has 0 saturated heterocycles. The number of nitrogens with one attached hydrogen (secondary N) is 3. The zero-order valence-corrected chi connectivity index (χ0v) is 18.0. The van der Waals surface area contributed by atoms with Gasteiger partial charge in [0, 0.05) is 6.04 Å². The summed E-state index contributed by atoms with van der Waals surface area (Å²) in [4.78, 5) is 12.3. The molecule has 156 valence electrons. The van der Waals surface area contributed by atoms with Gasteiger partial charge in [0.05, 0.1) is 0 Å². The summed E-state index contributed by atoms with van der Waals surface area (Å²) in [6, 6.07) is 9.95. The minimum Gasteiger partial charge on any atom is -0.485 e. The number of carbonyl (C=O) groups excluding carboxylic acids is 1. The molecular weight excluding hydrogens is 386 g/mol. The Balaban J connectivity index is 1.50. The van der Waals surface area contributed by atoms with Crippen LogP contribution in [-0.4, -0.2) is 17.1 Å². The van der Waals surface area contributed by atoms with E-state index in [1.807, 2.05) is 13.0 Å². The summed E-state index contributed by atoms with van der Waals surface area (Å²) in [6.45, 7) is 6.55. The quantitative estimate of drug-likeness (QED) is 0.481. The molecule has 7 heteroatoms. The van der Waals surface area contributed by atoms with E-state index in [2.05, 4.69) is 42.1 Å². The Hall–Kier alpha value is -2.54. The first-order chi connectivity index (χ1) is 13.9. The van der Waals surface area contributed by atoms with Crippen LogP contribution in [0.1, 0.15) is 72.9 Å². The van der Waals surface area contributed by atoms with Crippen LogP contribution in [-0.2, 0) is 6.61 Å². The number of benzene rings is 1. The Morgan fingerprint density at radius 2 is 1.97 bits per heavy atom. The molecule has 0 radical (unpaired) electrons. The SMILES string of the molecule is Cc1ccc(C(C)C)c(OCc2ccc(C(=O)NNC(=S)NC3CCCC3)o2)c1. The number of furan rings is 1. The molecule has 6 nitrogen and oxygen atoms in total. The maximum absolute atomic E-state index is 12.3. The van der Waals surface area contributed by atoms with Crippen LogP contribution in [0.15, 0.2) is 34.7 Å². The van der Waals surface area contributed by atoms with Crippen molar-refractivity contribution in [3.8, 4) is 5.75 Å². The van der Waals surface area contributed by atoms with E-state index in [4.69, 9.17) is 21.4 Å². The summed E-state index contributed by atoms with van der Waals surface area (Å²) in [5.74, 6) is 1.60. The Bertz CT molecular complexity index is 857. The highest BCUT2D eigenvalue weighted by molar-refractivity contribution is 7.80. The molecule has 2 aromatic rings. The second kappa shape index (κ2) is 9.78. The highest BCUT2D eigenvalue weighted by atomic mass is 32.1. The topological polar surface area (TPSA) is 75.5 Å². The zero-order valence-electron chi connectivity index (χ0n) is 17.2. The fraction of sp³-hybridized carbons (Fsp3) is 0.455. The molecule has 3 N–H and O–H groups in total. The summed E-state index contributed by atoms with van der Waals surface area (Å²) in [5.41, 5.74) is 7.58. The fourth-order valence-corrected chi connectivity index (χ4v) is 3.65. The first-order valence-electron chi connectivity index (χ1n) is 10.1. The predicted octanol–water partition coefficient (Wildman–Crippen LogP) is 4.34. The van der Waals surface area contributed by atoms with Crippen molar-refractivity contribution in [3.05, 3.63) is 53.0 Å². The van der Waals surface area contributed by atoms with Crippen LogP contribution < -0.4 is 20.9 Å². The van der Waals surface area contributed by atoms with Crippen molar-refractivity contribution in [2.75, 3.05) is 0 Å². The number of rotatable bonds is 6. The van der Waals surface area contributed by atoms with Crippen molar-refractivity contribution in [2.45, 2.75) is 65.0 Å².